The molecule has 0 aliphatic carbocycles. The van der Waals surface area contributed by atoms with Crippen molar-refractivity contribution in [1.82, 2.24) is 9.80 Å². The summed E-state index contributed by atoms with van der Waals surface area (Å²) in [6, 6.07) is 6.51. The lowest BCUT2D eigenvalue weighted by Gasteiger charge is -2.53. The number of likely N-dealkylation sites (tertiary alicyclic amines) is 2. The molecule has 0 bridgehead atoms. The van der Waals surface area contributed by atoms with Crippen LogP contribution in [-0.2, 0) is 16.0 Å². The Morgan fingerprint density at radius 1 is 1.24 bits per heavy atom. The molecule has 4 rings (SSSR count). The number of halogens is 1. The molecule has 4 nitrogen and oxygen atoms in total. The van der Waals surface area contributed by atoms with E-state index in [0.717, 1.165) is 19.6 Å². The number of rotatable bonds is 4. The number of hydrogen-bond donors (Lipinski definition) is 0. The largest absolute Gasteiger partial charge is 0.371 e. The minimum absolute atomic E-state index is 0.00137. The minimum atomic E-state index is -0.301. The summed E-state index contributed by atoms with van der Waals surface area (Å²) in [4.78, 5) is 16.7. The molecule has 5 heteroatoms. The summed E-state index contributed by atoms with van der Waals surface area (Å²) in [6.45, 7) is 5.77. The Hall–Kier alpha value is -1.46. The first-order chi connectivity index (χ1) is 12.1. The van der Waals surface area contributed by atoms with Gasteiger partial charge in [0, 0.05) is 6.54 Å². The molecule has 1 aromatic rings. The predicted octanol–water partition coefficient (Wildman–Crippen LogP) is 2.47. The van der Waals surface area contributed by atoms with Gasteiger partial charge in [-0.15, -0.1) is 0 Å². The van der Waals surface area contributed by atoms with Gasteiger partial charge in [0.25, 0.3) is 0 Å². The van der Waals surface area contributed by atoms with Crippen LogP contribution in [0.2, 0.25) is 0 Å². The first-order valence-electron chi connectivity index (χ1n) is 9.51. The van der Waals surface area contributed by atoms with Crippen molar-refractivity contribution in [2.24, 2.45) is 5.92 Å². The van der Waals surface area contributed by atoms with Gasteiger partial charge in [-0.2, -0.15) is 0 Å². The van der Waals surface area contributed by atoms with E-state index in [0.29, 0.717) is 24.6 Å². The topological polar surface area (TPSA) is 32.8 Å². The lowest BCUT2D eigenvalue weighted by Crippen LogP contribution is -2.66. The van der Waals surface area contributed by atoms with E-state index in [1.54, 1.807) is 18.2 Å². The number of nitrogens with zero attached hydrogens (tertiary/aromatic N) is 2. The highest BCUT2D eigenvalue weighted by molar-refractivity contribution is 5.80. The van der Waals surface area contributed by atoms with Crippen molar-refractivity contribution in [2.75, 3.05) is 39.3 Å². The Balaban J connectivity index is 1.23. The van der Waals surface area contributed by atoms with Gasteiger partial charge in [-0.05, 0) is 56.3 Å². The van der Waals surface area contributed by atoms with Crippen LogP contribution in [0.3, 0.4) is 0 Å². The Kier molecular flexibility index (Phi) is 4.78. The summed E-state index contributed by atoms with van der Waals surface area (Å²) in [6.07, 6.45) is 5.02. The van der Waals surface area contributed by atoms with Gasteiger partial charge in [-0.3, -0.25) is 4.79 Å². The first kappa shape index (κ1) is 17.0. The van der Waals surface area contributed by atoms with Crippen molar-refractivity contribution < 1.29 is 13.9 Å². The standard InChI is InChI=1S/C20H27FN2O2/c21-18-6-2-1-5-17(18)11-19(24)23-14-20(15-23)8-7-16(13-25-20)12-22-9-3-4-10-22/h1-2,5-6,16H,3-4,7-15H2. The molecule has 1 atom stereocenters. The highest BCUT2D eigenvalue weighted by Gasteiger charge is 2.48. The maximum absolute atomic E-state index is 13.7. The molecular weight excluding hydrogens is 319 g/mol. The van der Waals surface area contributed by atoms with E-state index in [1.807, 2.05) is 4.90 Å². The Labute approximate surface area is 148 Å². The van der Waals surface area contributed by atoms with Crippen LogP contribution in [0, 0.1) is 11.7 Å². The number of benzene rings is 1. The molecule has 3 aliphatic rings. The molecule has 0 N–H and O–H groups in total. The molecule has 3 heterocycles. The first-order valence-corrected chi connectivity index (χ1v) is 9.51. The van der Waals surface area contributed by atoms with Crippen LogP contribution in [0.4, 0.5) is 4.39 Å². The average Bonchev–Trinajstić information content (AvgIpc) is 3.09. The molecule has 0 aromatic heterocycles. The van der Waals surface area contributed by atoms with Gasteiger partial charge in [0.2, 0.25) is 5.91 Å². The van der Waals surface area contributed by atoms with Gasteiger partial charge in [-0.25, -0.2) is 4.39 Å². The van der Waals surface area contributed by atoms with Gasteiger partial charge in [0.1, 0.15) is 11.4 Å². The third-order valence-corrected chi connectivity index (χ3v) is 5.96. The SMILES string of the molecule is O=C(Cc1ccccc1F)N1CC2(CCC(CN3CCCC3)CO2)C1. The normalized spacial score (nSPS) is 26.0. The molecular formula is C20H27FN2O2. The summed E-state index contributed by atoms with van der Waals surface area (Å²) < 4.78 is 19.9. The fourth-order valence-corrected chi connectivity index (χ4v) is 4.38. The van der Waals surface area contributed by atoms with Crippen molar-refractivity contribution >= 4 is 5.91 Å². The van der Waals surface area contributed by atoms with Crippen LogP contribution in [0.25, 0.3) is 0 Å². The third kappa shape index (κ3) is 3.72. The number of ether oxygens (including phenoxy) is 1. The molecule has 1 amide bonds. The summed E-state index contributed by atoms with van der Waals surface area (Å²) >= 11 is 0. The van der Waals surface area contributed by atoms with Gasteiger partial charge in [0.05, 0.1) is 26.1 Å². The molecule has 3 fully saturated rings. The monoisotopic (exact) mass is 346 g/mol. The van der Waals surface area contributed by atoms with Crippen LogP contribution in [-0.4, -0.2) is 60.6 Å². The zero-order valence-corrected chi connectivity index (χ0v) is 14.8. The maximum atomic E-state index is 13.7. The highest BCUT2D eigenvalue weighted by Crippen LogP contribution is 2.36. The highest BCUT2D eigenvalue weighted by atomic mass is 19.1. The second-order valence-corrected chi connectivity index (χ2v) is 7.92. The fraction of sp³-hybridized carbons (Fsp3) is 0.650. The third-order valence-electron chi connectivity index (χ3n) is 5.96. The van der Waals surface area contributed by atoms with Crippen molar-refractivity contribution in [1.29, 1.82) is 0 Å². The molecule has 25 heavy (non-hydrogen) atoms. The zero-order chi connectivity index (χ0) is 17.3. The summed E-state index contributed by atoms with van der Waals surface area (Å²) in [5, 5.41) is 0. The fourth-order valence-electron chi connectivity index (χ4n) is 4.38. The molecule has 1 spiro atoms. The summed E-state index contributed by atoms with van der Waals surface area (Å²) in [7, 11) is 0. The van der Waals surface area contributed by atoms with E-state index in [1.165, 1.54) is 38.4 Å². The van der Waals surface area contributed by atoms with Crippen LogP contribution >= 0.6 is 0 Å². The average molecular weight is 346 g/mol. The Morgan fingerprint density at radius 3 is 2.68 bits per heavy atom. The Bertz CT molecular complexity index is 614. The van der Waals surface area contributed by atoms with E-state index in [-0.39, 0.29) is 23.7 Å². The number of hydrogen-bond acceptors (Lipinski definition) is 3. The minimum Gasteiger partial charge on any atom is -0.371 e. The number of carbonyl (C=O) groups excluding carboxylic acids is 1. The summed E-state index contributed by atoms with van der Waals surface area (Å²) in [5.74, 6) is 0.329. The van der Waals surface area contributed by atoms with Gasteiger partial charge in [0.15, 0.2) is 0 Å². The molecule has 3 aliphatic heterocycles. The predicted molar refractivity (Wildman–Crippen MR) is 93.8 cm³/mol. The van der Waals surface area contributed by atoms with Gasteiger partial charge in [-0.1, -0.05) is 18.2 Å². The quantitative estimate of drug-likeness (QED) is 0.840. The Morgan fingerprint density at radius 2 is 2.00 bits per heavy atom. The zero-order valence-electron chi connectivity index (χ0n) is 14.8. The van der Waals surface area contributed by atoms with E-state index in [9.17, 15) is 9.18 Å². The maximum Gasteiger partial charge on any atom is 0.227 e. The smallest absolute Gasteiger partial charge is 0.227 e. The van der Waals surface area contributed by atoms with E-state index in [4.69, 9.17) is 4.74 Å². The van der Waals surface area contributed by atoms with E-state index < -0.39 is 0 Å². The second-order valence-electron chi connectivity index (χ2n) is 7.92. The van der Waals surface area contributed by atoms with Crippen LogP contribution in [0.5, 0.6) is 0 Å². The van der Waals surface area contributed by atoms with Crippen molar-refractivity contribution in [3.8, 4) is 0 Å². The molecule has 1 unspecified atom stereocenters. The molecule has 1 aromatic carbocycles. The van der Waals surface area contributed by atoms with Crippen molar-refractivity contribution in [3.63, 3.8) is 0 Å². The molecule has 0 radical (unpaired) electrons. The molecule has 0 saturated carbocycles. The molecule has 136 valence electrons. The van der Waals surface area contributed by atoms with Gasteiger partial charge < -0.3 is 14.5 Å². The van der Waals surface area contributed by atoms with Crippen molar-refractivity contribution in [2.45, 2.75) is 37.7 Å². The van der Waals surface area contributed by atoms with Crippen LogP contribution in [0.15, 0.2) is 24.3 Å². The number of amides is 1. The van der Waals surface area contributed by atoms with Gasteiger partial charge >= 0.3 is 0 Å². The number of carbonyl (C=O) groups is 1. The molecule has 3 saturated heterocycles. The van der Waals surface area contributed by atoms with E-state index in [2.05, 4.69) is 4.90 Å². The lowest BCUT2D eigenvalue weighted by atomic mass is 9.82. The summed E-state index contributed by atoms with van der Waals surface area (Å²) in [5.41, 5.74) is 0.343. The second kappa shape index (κ2) is 7.04. The lowest BCUT2D eigenvalue weighted by molar-refractivity contribution is -0.189. The van der Waals surface area contributed by atoms with Crippen molar-refractivity contribution in [3.05, 3.63) is 35.6 Å². The van der Waals surface area contributed by atoms with Crippen LogP contribution < -0.4 is 0 Å². The van der Waals surface area contributed by atoms with E-state index >= 15 is 0 Å². The van der Waals surface area contributed by atoms with Crippen LogP contribution in [0.1, 0.15) is 31.2 Å².